The number of amides is 1. The molecule has 4 aromatic rings. The number of furan rings is 1. The third kappa shape index (κ3) is 4.13. The second kappa shape index (κ2) is 8.27. The predicted molar refractivity (Wildman–Crippen MR) is 116 cm³/mol. The Hall–Kier alpha value is -2.83. The lowest BCUT2D eigenvalue weighted by molar-refractivity contribution is -0.121. The van der Waals surface area contributed by atoms with Crippen molar-refractivity contribution in [3.05, 3.63) is 70.4 Å². The highest BCUT2D eigenvalue weighted by atomic mass is 35.5. The molecule has 7 heteroatoms. The monoisotopic (exact) mass is 426 g/mol. The standard InChI is InChI=1S/C22H19ClN2O3S/c1-13(19-10-14-6-5-9-18(27-2)21(14)28-19)24-20(26)11-15-12-29-22(25-15)16-7-3-4-8-17(16)23/h3-10,12-13H,11H2,1-2H3,(H,24,26). The van der Waals surface area contributed by atoms with E-state index < -0.39 is 0 Å². The summed E-state index contributed by atoms with van der Waals surface area (Å²) in [5, 5.41) is 7.23. The first-order valence-corrected chi connectivity index (χ1v) is 10.4. The first-order valence-electron chi connectivity index (χ1n) is 9.10. The van der Waals surface area contributed by atoms with Gasteiger partial charge in [-0.2, -0.15) is 0 Å². The van der Waals surface area contributed by atoms with Crippen LogP contribution in [0.15, 0.2) is 58.3 Å². The molecule has 1 unspecified atom stereocenters. The van der Waals surface area contributed by atoms with Crippen molar-refractivity contribution in [3.63, 3.8) is 0 Å². The number of hydrogen-bond acceptors (Lipinski definition) is 5. The summed E-state index contributed by atoms with van der Waals surface area (Å²) in [6.45, 7) is 1.89. The van der Waals surface area contributed by atoms with Crippen molar-refractivity contribution >= 4 is 39.8 Å². The van der Waals surface area contributed by atoms with Gasteiger partial charge in [-0.15, -0.1) is 11.3 Å². The maximum atomic E-state index is 12.5. The molecule has 0 bridgehead atoms. The van der Waals surface area contributed by atoms with Crippen molar-refractivity contribution in [1.29, 1.82) is 0 Å². The number of hydrogen-bond donors (Lipinski definition) is 1. The van der Waals surface area contributed by atoms with E-state index in [0.29, 0.717) is 27.8 Å². The van der Waals surface area contributed by atoms with Gasteiger partial charge in [-0.05, 0) is 25.1 Å². The van der Waals surface area contributed by atoms with E-state index in [1.165, 1.54) is 11.3 Å². The molecule has 0 aliphatic carbocycles. The number of methoxy groups -OCH3 is 1. The van der Waals surface area contributed by atoms with Gasteiger partial charge in [0.15, 0.2) is 11.3 Å². The maximum Gasteiger partial charge on any atom is 0.226 e. The second-order valence-corrected chi connectivity index (χ2v) is 7.88. The van der Waals surface area contributed by atoms with Gasteiger partial charge in [-0.3, -0.25) is 4.79 Å². The number of aromatic nitrogens is 1. The molecule has 1 N–H and O–H groups in total. The molecule has 148 valence electrons. The van der Waals surface area contributed by atoms with Crippen molar-refractivity contribution < 1.29 is 13.9 Å². The number of fused-ring (bicyclic) bond motifs is 1. The molecule has 2 heterocycles. The highest BCUT2D eigenvalue weighted by molar-refractivity contribution is 7.13. The normalized spacial score (nSPS) is 12.1. The Morgan fingerprint density at radius 3 is 2.90 bits per heavy atom. The van der Waals surface area contributed by atoms with Crippen molar-refractivity contribution in [2.45, 2.75) is 19.4 Å². The topological polar surface area (TPSA) is 64.4 Å². The van der Waals surface area contributed by atoms with Crippen LogP contribution in [0.25, 0.3) is 21.5 Å². The van der Waals surface area contributed by atoms with Crippen molar-refractivity contribution in [3.8, 4) is 16.3 Å². The van der Waals surface area contributed by atoms with Gasteiger partial charge in [0.2, 0.25) is 5.91 Å². The molecule has 0 saturated heterocycles. The SMILES string of the molecule is COc1cccc2cc(C(C)NC(=O)Cc3csc(-c4ccccc4Cl)n3)oc12. The molecule has 0 saturated carbocycles. The van der Waals surface area contributed by atoms with Gasteiger partial charge in [0.1, 0.15) is 10.8 Å². The van der Waals surface area contributed by atoms with E-state index in [2.05, 4.69) is 10.3 Å². The Labute approximate surface area is 177 Å². The summed E-state index contributed by atoms with van der Waals surface area (Å²) >= 11 is 7.71. The molecule has 4 rings (SSSR count). The number of para-hydroxylation sites is 1. The summed E-state index contributed by atoms with van der Waals surface area (Å²) in [6, 6.07) is 14.9. The fourth-order valence-electron chi connectivity index (χ4n) is 3.11. The van der Waals surface area contributed by atoms with Crippen LogP contribution in [0.2, 0.25) is 5.02 Å². The average Bonchev–Trinajstić information content (AvgIpc) is 3.35. The molecule has 2 aromatic heterocycles. The molecule has 0 aliphatic heterocycles. The Kier molecular flexibility index (Phi) is 5.56. The van der Waals surface area contributed by atoms with Crippen molar-refractivity contribution in [1.82, 2.24) is 10.3 Å². The van der Waals surface area contributed by atoms with Gasteiger partial charge in [0, 0.05) is 16.3 Å². The Morgan fingerprint density at radius 1 is 1.28 bits per heavy atom. The van der Waals surface area contributed by atoms with Gasteiger partial charge >= 0.3 is 0 Å². The number of rotatable bonds is 6. The van der Waals surface area contributed by atoms with Crippen LogP contribution in [0, 0.1) is 0 Å². The summed E-state index contributed by atoms with van der Waals surface area (Å²) in [4.78, 5) is 17.1. The van der Waals surface area contributed by atoms with Crippen LogP contribution in [0.3, 0.4) is 0 Å². The van der Waals surface area contributed by atoms with Gasteiger partial charge < -0.3 is 14.5 Å². The number of carbonyl (C=O) groups is 1. The quantitative estimate of drug-likeness (QED) is 0.433. The summed E-state index contributed by atoms with van der Waals surface area (Å²) in [5.74, 6) is 1.22. The largest absolute Gasteiger partial charge is 0.493 e. The summed E-state index contributed by atoms with van der Waals surface area (Å²) in [6.07, 6.45) is 0.189. The van der Waals surface area contributed by atoms with E-state index in [1.54, 1.807) is 7.11 Å². The molecule has 1 atom stereocenters. The van der Waals surface area contributed by atoms with Crippen molar-refractivity contribution in [2.24, 2.45) is 0 Å². The highest BCUT2D eigenvalue weighted by Crippen LogP contribution is 2.32. The molecule has 5 nitrogen and oxygen atoms in total. The Bertz CT molecular complexity index is 1170. The smallest absolute Gasteiger partial charge is 0.226 e. The zero-order valence-electron chi connectivity index (χ0n) is 15.9. The number of benzene rings is 2. The lowest BCUT2D eigenvalue weighted by atomic mass is 10.2. The predicted octanol–water partition coefficient (Wildman–Crippen LogP) is 5.64. The van der Waals surface area contributed by atoms with E-state index in [4.69, 9.17) is 20.8 Å². The zero-order chi connectivity index (χ0) is 20.4. The number of nitrogens with zero attached hydrogens (tertiary/aromatic N) is 1. The average molecular weight is 427 g/mol. The fraction of sp³-hybridized carbons (Fsp3) is 0.182. The van der Waals surface area contributed by atoms with E-state index in [-0.39, 0.29) is 18.4 Å². The van der Waals surface area contributed by atoms with E-state index >= 15 is 0 Å². The molecular formula is C22H19ClN2O3S. The molecule has 0 spiro atoms. The van der Waals surface area contributed by atoms with Gasteiger partial charge in [-0.25, -0.2) is 4.98 Å². The molecule has 0 radical (unpaired) electrons. The van der Waals surface area contributed by atoms with Gasteiger partial charge in [0.05, 0.1) is 30.3 Å². The summed E-state index contributed by atoms with van der Waals surface area (Å²) in [5.41, 5.74) is 2.26. The lowest BCUT2D eigenvalue weighted by Crippen LogP contribution is -2.27. The van der Waals surface area contributed by atoms with Crippen molar-refractivity contribution in [2.75, 3.05) is 7.11 Å². The molecular weight excluding hydrogens is 408 g/mol. The third-order valence-corrected chi connectivity index (χ3v) is 5.80. The van der Waals surface area contributed by atoms with Gasteiger partial charge in [-0.1, -0.05) is 41.9 Å². The van der Waals surface area contributed by atoms with Crippen LogP contribution in [-0.4, -0.2) is 18.0 Å². The summed E-state index contributed by atoms with van der Waals surface area (Å²) in [7, 11) is 1.60. The minimum Gasteiger partial charge on any atom is -0.493 e. The van der Waals surface area contributed by atoms with Crippen LogP contribution >= 0.6 is 22.9 Å². The maximum absolute atomic E-state index is 12.5. The minimum absolute atomic E-state index is 0.124. The molecule has 29 heavy (non-hydrogen) atoms. The number of ether oxygens (including phenoxy) is 1. The molecule has 1 amide bonds. The minimum atomic E-state index is -0.277. The molecule has 2 aromatic carbocycles. The van der Waals surface area contributed by atoms with Gasteiger partial charge in [0.25, 0.3) is 0 Å². The van der Waals surface area contributed by atoms with Crippen LogP contribution < -0.4 is 10.1 Å². The number of halogens is 1. The molecule has 0 fully saturated rings. The first-order chi connectivity index (χ1) is 14.0. The molecule has 0 aliphatic rings. The lowest BCUT2D eigenvalue weighted by Gasteiger charge is -2.10. The highest BCUT2D eigenvalue weighted by Gasteiger charge is 2.17. The van der Waals surface area contributed by atoms with Crippen LogP contribution in [0.1, 0.15) is 24.4 Å². The first kappa shape index (κ1) is 19.5. The third-order valence-electron chi connectivity index (χ3n) is 4.55. The number of nitrogens with one attached hydrogen (secondary N) is 1. The van der Waals surface area contributed by atoms with E-state index in [9.17, 15) is 4.79 Å². The van der Waals surface area contributed by atoms with Crippen LogP contribution in [0.5, 0.6) is 5.75 Å². The summed E-state index contributed by atoms with van der Waals surface area (Å²) < 4.78 is 11.2. The number of thiazole rings is 1. The second-order valence-electron chi connectivity index (χ2n) is 6.62. The van der Waals surface area contributed by atoms with E-state index in [1.807, 2.05) is 60.8 Å². The Morgan fingerprint density at radius 2 is 2.10 bits per heavy atom. The Balaban J connectivity index is 1.44. The van der Waals surface area contributed by atoms with E-state index in [0.717, 1.165) is 16.0 Å². The number of carbonyl (C=O) groups excluding carboxylic acids is 1. The van der Waals surface area contributed by atoms with Crippen LogP contribution in [0.4, 0.5) is 0 Å². The zero-order valence-corrected chi connectivity index (χ0v) is 17.5. The fourth-order valence-corrected chi connectivity index (χ4v) is 4.24. The van der Waals surface area contributed by atoms with Crippen LogP contribution in [-0.2, 0) is 11.2 Å².